The molecule has 0 amide bonds. The molecule has 4 aromatic heterocycles. The third-order valence-electron chi connectivity index (χ3n) is 12.8. The molecule has 0 radical (unpaired) electrons. The third-order valence-corrected chi connectivity index (χ3v) is 12.8. The molecule has 13 aromatic rings. The van der Waals surface area contributed by atoms with Crippen LogP contribution in [-0.4, -0.2) is 43.6 Å². The number of imidazole rings is 3. The fourth-order valence-electron chi connectivity index (χ4n) is 9.59. The summed E-state index contributed by atoms with van der Waals surface area (Å²) in [6, 6.07) is 65.8. The summed E-state index contributed by atoms with van der Waals surface area (Å²) in [7, 11) is 0. The molecule has 12 heteroatoms. The number of para-hydroxylation sites is 9. The molecule has 9 nitrogen and oxygen atoms in total. The average molecular weight is 940 g/mol. The van der Waals surface area contributed by atoms with Crippen molar-refractivity contribution in [2.24, 2.45) is 0 Å². The Labute approximate surface area is 409 Å². The van der Waals surface area contributed by atoms with E-state index < -0.39 is 17.5 Å². The molecule has 342 valence electrons. The quantitative estimate of drug-likeness (QED) is 0.143. The molecule has 0 bridgehead atoms. The molecule has 0 unspecified atom stereocenters. The first-order chi connectivity index (χ1) is 35.5. The van der Waals surface area contributed by atoms with Gasteiger partial charge in [-0.3, -0.25) is 13.7 Å². The number of rotatable bonds is 9. The van der Waals surface area contributed by atoms with Crippen molar-refractivity contribution >= 4 is 33.1 Å². The van der Waals surface area contributed by atoms with Crippen LogP contribution in [0.2, 0.25) is 0 Å². The van der Waals surface area contributed by atoms with Crippen LogP contribution in [0.1, 0.15) is 0 Å². The summed E-state index contributed by atoms with van der Waals surface area (Å²) in [4.78, 5) is 31.0. The molecule has 0 spiro atoms. The highest BCUT2D eigenvalue weighted by molar-refractivity contribution is 5.90. The highest BCUT2D eigenvalue weighted by Gasteiger charge is 2.26. The van der Waals surface area contributed by atoms with Crippen LogP contribution in [0.25, 0.3) is 118 Å². The van der Waals surface area contributed by atoms with Gasteiger partial charge in [0.2, 0.25) is 0 Å². The van der Waals surface area contributed by atoms with Crippen molar-refractivity contribution in [3.05, 3.63) is 236 Å². The Balaban J connectivity index is 1.10. The lowest BCUT2D eigenvalue weighted by molar-refractivity contribution is 0.629. The van der Waals surface area contributed by atoms with Crippen LogP contribution < -0.4 is 0 Å². The molecule has 13 rings (SSSR count). The molecule has 72 heavy (non-hydrogen) atoms. The lowest BCUT2D eigenvalue weighted by Gasteiger charge is -2.18. The summed E-state index contributed by atoms with van der Waals surface area (Å²) in [6.07, 6.45) is 0. The van der Waals surface area contributed by atoms with Gasteiger partial charge in [0.1, 0.15) is 34.9 Å². The van der Waals surface area contributed by atoms with E-state index in [0.717, 1.165) is 16.6 Å². The number of hydrogen-bond donors (Lipinski definition) is 0. The maximum absolute atomic E-state index is 15.9. The predicted molar refractivity (Wildman–Crippen MR) is 276 cm³/mol. The summed E-state index contributed by atoms with van der Waals surface area (Å²) in [5.74, 6) is 0.798. The van der Waals surface area contributed by atoms with Crippen molar-refractivity contribution < 1.29 is 13.2 Å². The molecule has 9 aromatic carbocycles. The van der Waals surface area contributed by atoms with Crippen molar-refractivity contribution in [3.63, 3.8) is 0 Å². The van der Waals surface area contributed by atoms with Crippen LogP contribution in [-0.2, 0) is 0 Å². The summed E-state index contributed by atoms with van der Waals surface area (Å²) >= 11 is 0. The van der Waals surface area contributed by atoms with Crippen molar-refractivity contribution in [3.8, 4) is 85.4 Å². The molecule has 0 aliphatic heterocycles. The van der Waals surface area contributed by atoms with Gasteiger partial charge < -0.3 is 0 Å². The number of aromatic nitrogens is 9. The Morgan fingerprint density at radius 2 is 0.472 bits per heavy atom. The van der Waals surface area contributed by atoms with Gasteiger partial charge in [-0.15, -0.1) is 0 Å². The van der Waals surface area contributed by atoms with Gasteiger partial charge in [-0.2, -0.15) is 0 Å². The summed E-state index contributed by atoms with van der Waals surface area (Å²) < 4.78 is 53.5. The molecular formula is C60H36F3N9. The molecule has 0 N–H and O–H groups in total. The Morgan fingerprint density at radius 3 is 0.764 bits per heavy atom. The summed E-state index contributed by atoms with van der Waals surface area (Å²) in [5, 5.41) is 0. The van der Waals surface area contributed by atoms with Gasteiger partial charge in [-0.05, 0) is 109 Å². The second-order valence-electron chi connectivity index (χ2n) is 17.1. The first-order valence-electron chi connectivity index (χ1n) is 23.2. The Kier molecular flexibility index (Phi) is 10.2. The van der Waals surface area contributed by atoms with E-state index in [2.05, 4.69) is 0 Å². The topological polar surface area (TPSA) is 92.1 Å². The zero-order valence-electron chi connectivity index (χ0n) is 37.9. The molecule has 0 atom stereocenters. The van der Waals surface area contributed by atoms with E-state index in [0.29, 0.717) is 102 Å². The first kappa shape index (κ1) is 42.3. The number of hydrogen-bond acceptors (Lipinski definition) is 6. The predicted octanol–water partition coefficient (Wildman–Crippen LogP) is 14.3. The minimum atomic E-state index is -0.423. The molecule has 4 heterocycles. The van der Waals surface area contributed by atoms with Gasteiger partial charge in [0, 0.05) is 16.7 Å². The number of fused-ring (bicyclic) bond motifs is 3. The van der Waals surface area contributed by atoms with Crippen molar-refractivity contribution in [1.29, 1.82) is 0 Å². The lowest BCUT2D eigenvalue weighted by Crippen LogP contribution is -2.08. The maximum Gasteiger partial charge on any atom is 0.166 e. The SMILES string of the molecule is Fc1ccccc1-c1nc2ccccc2n1-c1ccccc1-c1nc(-c2ccccc2-n2c(-c3ccccc3F)nc3ccccc32)nc(-c2ccccc2-n2c(-c3ccccc3F)nc3ccccc32)n1. The van der Waals surface area contributed by atoms with Crippen LogP contribution in [0.15, 0.2) is 218 Å². The van der Waals surface area contributed by atoms with Gasteiger partial charge >= 0.3 is 0 Å². The van der Waals surface area contributed by atoms with Crippen LogP contribution in [0, 0.1) is 17.5 Å². The molecule has 0 saturated carbocycles. The van der Waals surface area contributed by atoms with Crippen molar-refractivity contribution in [1.82, 2.24) is 43.6 Å². The van der Waals surface area contributed by atoms with E-state index in [1.165, 1.54) is 18.2 Å². The van der Waals surface area contributed by atoms with Crippen LogP contribution >= 0.6 is 0 Å². The smallest absolute Gasteiger partial charge is 0.166 e. The molecule has 0 aliphatic carbocycles. The highest BCUT2D eigenvalue weighted by atomic mass is 19.1. The molecule has 0 aliphatic rings. The van der Waals surface area contributed by atoms with E-state index in [-0.39, 0.29) is 0 Å². The zero-order chi connectivity index (χ0) is 48.3. The summed E-state index contributed by atoms with van der Waals surface area (Å²) in [6.45, 7) is 0. The van der Waals surface area contributed by atoms with Crippen LogP contribution in [0.5, 0.6) is 0 Å². The maximum atomic E-state index is 15.9. The van der Waals surface area contributed by atoms with E-state index in [9.17, 15) is 0 Å². The summed E-state index contributed by atoms with van der Waals surface area (Å²) in [5.41, 5.74) is 8.90. The molecule has 0 fully saturated rings. The van der Waals surface area contributed by atoms with Crippen LogP contribution in [0.3, 0.4) is 0 Å². The minimum Gasteiger partial charge on any atom is -0.292 e. The minimum absolute atomic E-state index is 0.294. The van der Waals surface area contributed by atoms with Gasteiger partial charge in [0.05, 0.1) is 66.9 Å². The van der Waals surface area contributed by atoms with E-state index in [1.807, 2.05) is 159 Å². The third kappa shape index (κ3) is 7.03. The van der Waals surface area contributed by atoms with E-state index >= 15 is 13.2 Å². The van der Waals surface area contributed by atoms with Crippen molar-refractivity contribution in [2.45, 2.75) is 0 Å². The second kappa shape index (κ2) is 17.3. The fraction of sp³-hybridized carbons (Fsp3) is 0. The zero-order valence-corrected chi connectivity index (χ0v) is 37.9. The number of benzene rings is 9. The standard InChI is InChI=1S/C60H36F3N9/c61-43-25-7-1-19-37(43)58-64-46-28-10-16-34-52(46)70(58)49-31-13-4-22-40(49)55-67-56(41-23-5-14-32-50(41)71-53-35-17-11-29-47(53)65-59(71)38-20-2-8-26-44(38)62)69-57(68-55)42-24-6-15-33-51(42)72-54-36-18-12-30-48(54)66-60(72)39-21-3-9-27-45(39)63/h1-36H. The van der Waals surface area contributed by atoms with Gasteiger partial charge in [-0.1, -0.05) is 109 Å². The number of halogens is 3. The lowest BCUT2D eigenvalue weighted by atomic mass is 10.1. The van der Waals surface area contributed by atoms with Crippen molar-refractivity contribution in [2.75, 3.05) is 0 Å². The fourth-order valence-corrected chi connectivity index (χ4v) is 9.59. The Hall–Kier alpha value is -9.81. The largest absolute Gasteiger partial charge is 0.292 e. The van der Waals surface area contributed by atoms with Gasteiger partial charge in [0.15, 0.2) is 17.5 Å². The van der Waals surface area contributed by atoms with Crippen LogP contribution in [0.4, 0.5) is 13.2 Å². The average Bonchev–Trinajstić information content (AvgIpc) is 4.13. The second-order valence-corrected chi connectivity index (χ2v) is 17.1. The van der Waals surface area contributed by atoms with E-state index in [4.69, 9.17) is 29.9 Å². The normalized spacial score (nSPS) is 11.5. The molecule has 0 saturated heterocycles. The first-order valence-corrected chi connectivity index (χ1v) is 23.2. The monoisotopic (exact) mass is 939 g/mol. The van der Waals surface area contributed by atoms with Gasteiger partial charge in [0.25, 0.3) is 0 Å². The Bertz CT molecular complexity index is 3810. The number of nitrogens with zero attached hydrogens (tertiary/aromatic N) is 9. The highest BCUT2D eigenvalue weighted by Crippen LogP contribution is 2.40. The van der Waals surface area contributed by atoms with Gasteiger partial charge in [-0.25, -0.2) is 43.1 Å². The molecular weight excluding hydrogens is 904 g/mol. The Morgan fingerprint density at radius 1 is 0.236 bits per heavy atom. The van der Waals surface area contributed by atoms with E-state index in [1.54, 1.807) is 54.6 Å².